The van der Waals surface area contributed by atoms with Crippen molar-refractivity contribution < 1.29 is 4.79 Å². The van der Waals surface area contributed by atoms with E-state index in [2.05, 4.69) is 4.99 Å². The van der Waals surface area contributed by atoms with Gasteiger partial charge in [-0.1, -0.05) is 17.7 Å². The second-order valence-electron chi connectivity index (χ2n) is 4.15. The fourth-order valence-electron chi connectivity index (χ4n) is 1.66. The Kier molecular flexibility index (Phi) is 5.77. The highest BCUT2D eigenvalue weighted by Gasteiger charge is 2.09. The summed E-state index contributed by atoms with van der Waals surface area (Å²) in [5.41, 5.74) is 2.43. The molecule has 102 valence electrons. The topological polar surface area (TPSA) is 32.7 Å². The highest BCUT2D eigenvalue weighted by Crippen LogP contribution is 2.24. The number of anilines is 1. The number of hydrogen-bond acceptors (Lipinski definition) is 3. The van der Waals surface area contributed by atoms with Crippen molar-refractivity contribution in [3.05, 3.63) is 40.6 Å². The first-order valence-electron chi connectivity index (χ1n) is 6.21. The third-order valence-corrected chi connectivity index (χ3v) is 2.98. The molecule has 4 heteroatoms. The zero-order valence-corrected chi connectivity index (χ0v) is 12.5. The van der Waals surface area contributed by atoms with E-state index in [-0.39, 0.29) is 5.78 Å². The van der Waals surface area contributed by atoms with Crippen LogP contribution in [0, 0.1) is 0 Å². The quantitative estimate of drug-likeness (QED) is 0.603. The van der Waals surface area contributed by atoms with Crippen molar-refractivity contribution in [1.29, 1.82) is 0 Å². The second kappa shape index (κ2) is 7.10. The monoisotopic (exact) mass is 278 g/mol. The van der Waals surface area contributed by atoms with Gasteiger partial charge >= 0.3 is 0 Å². The molecule has 0 heterocycles. The first-order valence-corrected chi connectivity index (χ1v) is 6.58. The zero-order chi connectivity index (χ0) is 14.4. The minimum Gasteiger partial charge on any atom is -0.344 e. The summed E-state index contributed by atoms with van der Waals surface area (Å²) in [4.78, 5) is 17.7. The van der Waals surface area contributed by atoms with Crippen molar-refractivity contribution in [3.8, 4) is 0 Å². The largest absolute Gasteiger partial charge is 0.344 e. The molecule has 0 unspecified atom stereocenters. The van der Waals surface area contributed by atoms with E-state index in [1.165, 1.54) is 6.92 Å². The Bertz CT molecular complexity index is 521. The van der Waals surface area contributed by atoms with Gasteiger partial charge in [0.1, 0.15) is 0 Å². The number of benzene rings is 1. The molecular formula is C15H19ClN2O. The third kappa shape index (κ3) is 4.21. The summed E-state index contributed by atoms with van der Waals surface area (Å²) >= 11 is 6.06. The maximum Gasteiger partial charge on any atom is 0.159 e. The lowest BCUT2D eigenvalue weighted by Crippen LogP contribution is -2.17. The van der Waals surface area contributed by atoms with E-state index >= 15 is 0 Å². The first-order chi connectivity index (χ1) is 8.99. The number of ketones is 1. The number of allylic oxidation sites excluding steroid dienone is 2. The van der Waals surface area contributed by atoms with Crippen LogP contribution < -0.4 is 4.90 Å². The Balaban J connectivity index is 3.14. The van der Waals surface area contributed by atoms with Crippen LogP contribution in [-0.2, 0) is 0 Å². The number of carbonyl (C=O) groups excluding carboxylic acids is 1. The van der Waals surface area contributed by atoms with Crippen LogP contribution in [0.4, 0.5) is 5.69 Å². The fourth-order valence-corrected chi connectivity index (χ4v) is 1.89. The summed E-state index contributed by atoms with van der Waals surface area (Å²) in [6, 6.07) is 5.34. The van der Waals surface area contributed by atoms with Crippen LogP contribution in [0.3, 0.4) is 0 Å². The molecule has 0 aliphatic rings. The molecule has 3 nitrogen and oxygen atoms in total. The number of Topliss-reactive ketones (excluding diaryl/α,β-unsaturated/α-hetero) is 1. The van der Waals surface area contributed by atoms with E-state index in [1.54, 1.807) is 6.07 Å². The van der Waals surface area contributed by atoms with Crippen molar-refractivity contribution in [1.82, 2.24) is 0 Å². The van der Waals surface area contributed by atoms with E-state index < -0.39 is 0 Å². The Morgan fingerprint density at radius 1 is 1.42 bits per heavy atom. The molecule has 0 saturated heterocycles. The molecule has 1 aromatic rings. The zero-order valence-electron chi connectivity index (χ0n) is 11.8. The predicted octanol–water partition coefficient (Wildman–Crippen LogP) is 3.97. The van der Waals surface area contributed by atoms with Crippen molar-refractivity contribution in [2.75, 3.05) is 18.5 Å². The van der Waals surface area contributed by atoms with Gasteiger partial charge < -0.3 is 4.90 Å². The average Bonchev–Trinajstić information content (AvgIpc) is 2.38. The normalized spacial score (nSPS) is 11.9. The number of carbonyl (C=O) groups is 1. The van der Waals surface area contributed by atoms with Crippen molar-refractivity contribution in [2.24, 2.45) is 4.99 Å². The lowest BCUT2D eigenvalue weighted by atomic mass is 10.1. The van der Waals surface area contributed by atoms with Crippen molar-refractivity contribution in [3.63, 3.8) is 0 Å². The van der Waals surface area contributed by atoms with E-state index in [0.29, 0.717) is 10.6 Å². The highest BCUT2D eigenvalue weighted by molar-refractivity contribution is 6.31. The average molecular weight is 279 g/mol. The summed E-state index contributed by atoms with van der Waals surface area (Å²) in [7, 11) is 1.92. The molecule has 0 aliphatic carbocycles. The van der Waals surface area contributed by atoms with Crippen LogP contribution in [0.1, 0.15) is 31.1 Å². The second-order valence-corrected chi connectivity index (χ2v) is 4.59. The van der Waals surface area contributed by atoms with Crippen LogP contribution in [0.15, 0.2) is 35.0 Å². The van der Waals surface area contributed by atoms with Crippen LogP contribution in [0.5, 0.6) is 0 Å². The minimum atomic E-state index is 0.00130. The molecule has 0 fully saturated rings. The Morgan fingerprint density at radius 3 is 2.63 bits per heavy atom. The molecule has 0 bridgehead atoms. The van der Waals surface area contributed by atoms with Gasteiger partial charge in [0.2, 0.25) is 0 Å². The van der Waals surface area contributed by atoms with Gasteiger partial charge in [0.25, 0.3) is 0 Å². The maximum atomic E-state index is 11.5. The van der Waals surface area contributed by atoms with Gasteiger partial charge in [-0.15, -0.1) is 0 Å². The lowest BCUT2D eigenvalue weighted by Gasteiger charge is -2.21. The molecule has 19 heavy (non-hydrogen) atoms. The van der Waals surface area contributed by atoms with Gasteiger partial charge in [-0.3, -0.25) is 9.79 Å². The van der Waals surface area contributed by atoms with E-state index in [4.69, 9.17) is 11.6 Å². The SMILES string of the molecule is CC=C(C=NCC)N(C)c1cc(Cl)cc(C(C)=O)c1. The summed E-state index contributed by atoms with van der Waals surface area (Å²) in [6.45, 7) is 6.20. The van der Waals surface area contributed by atoms with Crippen LogP contribution in [0.25, 0.3) is 0 Å². The molecule has 1 aromatic carbocycles. The fraction of sp³-hybridized carbons (Fsp3) is 0.333. The van der Waals surface area contributed by atoms with E-state index in [0.717, 1.165) is 17.9 Å². The molecule has 0 saturated carbocycles. The molecule has 0 aromatic heterocycles. The lowest BCUT2D eigenvalue weighted by molar-refractivity contribution is 0.101. The molecular weight excluding hydrogens is 260 g/mol. The van der Waals surface area contributed by atoms with Crippen LogP contribution >= 0.6 is 11.6 Å². The van der Waals surface area contributed by atoms with Gasteiger partial charge in [0.15, 0.2) is 5.78 Å². The smallest absolute Gasteiger partial charge is 0.159 e. The number of rotatable bonds is 5. The summed E-state index contributed by atoms with van der Waals surface area (Å²) in [5.74, 6) is 0.00130. The minimum absolute atomic E-state index is 0.00130. The molecule has 1 rings (SSSR count). The van der Waals surface area contributed by atoms with Crippen LogP contribution in [0.2, 0.25) is 5.02 Å². The van der Waals surface area contributed by atoms with Gasteiger partial charge in [-0.05, 0) is 39.0 Å². The summed E-state index contributed by atoms with van der Waals surface area (Å²) in [5, 5.41) is 0.553. The standard InChI is InChI=1S/C15H19ClN2O/c1-5-14(10-17-6-2)18(4)15-8-12(11(3)19)7-13(16)9-15/h5,7-10H,6H2,1-4H3. The maximum absolute atomic E-state index is 11.5. The number of halogens is 1. The van der Waals surface area contributed by atoms with Gasteiger partial charge in [0, 0.05) is 36.1 Å². The Morgan fingerprint density at radius 2 is 2.11 bits per heavy atom. The highest BCUT2D eigenvalue weighted by atomic mass is 35.5. The molecule has 0 aliphatic heterocycles. The van der Waals surface area contributed by atoms with Gasteiger partial charge in [0.05, 0.1) is 5.70 Å². The first kappa shape index (κ1) is 15.4. The van der Waals surface area contributed by atoms with Gasteiger partial charge in [-0.25, -0.2) is 0 Å². The summed E-state index contributed by atoms with van der Waals surface area (Å²) in [6.07, 6.45) is 3.78. The van der Waals surface area contributed by atoms with E-state index in [1.807, 2.05) is 50.2 Å². The number of hydrogen-bond donors (Lipinski definition) is 0. The van der Waals surface area contributed by atoms with Crippen molar-refractivity contribution in [2.45, 2.75) is 20.8 Å². The van der Waals surface area contributed by atoms with E-state index in [9.17, 15) is 4.79 Å². The summed E-state index contributed by atoms with van der Waals surface area (Å²) < 4.78 is 0. The molecule has 0 N–H and O–H groups in total. The molecule has 0 radical (unpaired) electrons. The van der Waals surface area contributed by atoms with Crippen LogP contribution in [-0.4, -0.2) is 25.6 Å². The molecule has 0 amide bonds. The van der Waals surface area contributed by atoms with Gasteiger partial charge in [-0.2, -0.15) is 0 Å². The Labute approximate surface area is 119 Å². The number of aliphatic imine (C=N–C) groups is 1. The Hall–Kier alpha value is -1.61. The molecule has 0 spiro atoms. The third-order valence-electron chi connectivity index (χ3n) is 2.77. The van der Waals surface area contributed by atoms with Crippen molar-refractivity contribution >= 4 is 29.3 Å². The predicted molar refractivity (Wildman–Crippen MR) is 82.6 cm³/mol. The molecule has 0 atom stereocenters. The number of nitrogens with zero attached hydrogens (tertiary/aromatic N) is 2.